The van der Waals surface area contributed by atoms with Gasteiger partial charge in [-0.2, -0.15) is 0 Å². The average Bonchev–Trinajstić information content (AvgIpc) is 2.45. The number of allylic oxidation sites excluding steroid dienone is 2. The molecule has 0 unspecified atom stereocenters. The van der Waals surface area contributed by atoms with Gasteiger partial charge in [-0.1, -0.05) is 24.0 Å². The zero-order valence-electron chi connectivity index (χ0n) is 12.2. The van der Waals surface area contributed by atoms with Crippen molar-refractivity contribution in [2.75, 3.05) is 26.4 Å². The summed E-state index contributed by atoms with van der Waals surface area (Å²) in [6.07, 6.45) is 6.37. The normalized spacial score (nSPS) is 9.62. The molecule has 0 aliphatic heterocycles. The maximum atomic E-state index is 10.9. The monoisotopic (exact) mass is 290 g/mol. The van der Waals surface area contributed by atoms with Crippen molar-refractivity contribution in [2.24, 2.45) is 0 Å². The van der Waals surface area contributed by atoms with Gasteiger partial charge in [0.05, 0.1) is 26.4 Å². The van der Waals surface area contributed by atoms with Crippen LogP contribution in [0.1, 0.15) is 13.8 Å². The standard InChI is InChI=1S/C16H18O5/c1-3-20-15(17)11-7-5-9-13-19-14-10-6-8-12-16(18)21-4-2/h5-6,9-10H,3-4,13-14H2,1-2H3/b9-5+,10-6+. The van der Waals surface area contributed by atoms with Crippen LogP contribution in [0.5, 0.6) is 0 Å². The van der Waals surface area contributed by atoms with E-state index in [2.05, 4.69) is 33.2 Å². The van der Waals surface area contributed by atoms with Gasteiger partial charge in [0.2, 0.25) is 0 Å². The number of carbonyl (C=O) groups excluding carboxylic acids is 2. The predicted molar refractivity (Wildman–Crippen MR) is 77.9 cm³/mol. The first-order chi connectivity index (χ1) is 10.2. The summed E-state index contributed by atoms with van der Waals surface area (Å²) >= 11 is 0. The Hall–Kier alpha value is -2.50. The Morgan fingerprint density at radius 3 is 1.67 bits per heavy atom. The summed E-state index contributed by atoms with van der Waals surface area (Å²) in [4.78, 5) is 21.7. The van der Waals surface area contributed by atoms with E-state index in [0.717, 1.165) is 0 Å². The van der Waals surface area contributed by atoms with E-state index in [1.54, 1.807) is 26.0 Å². The van der Waals surface area contributed by atoms with Gasteiger partial charge in [-0.05, 0) is 26.0 Å². The fourth-order valence-corrected chi connectivity index (χ4v) is 0.954. The molecule has 0 radical (unpaired) electrons. The van der Waals surface area contributed by atoms with Gasteiger partial charge in [-0.3, -0.25) is 0 Å². The van der Waals surface area contributed by atoms with Gasteiger partial charge in [0.25, 0.3) is 0 Å². The Morgan fingerprint density at radius 1 is 0.857 bits per heavy atom. The summed E-state index contributed by atoms with van der Waals surface area (Å²) in [7, 11) is 0. The molecule has 0 aliphatic rings. The first kappa shape index (κ1) is 18.5. The molecule has 5 heteroatoms. The van der Waals surface area contributed by atoms with Crippen molar-refractivity contribution in [3.8, 4) is 23.7 Å². The lowest BCUT2D eigenvalue weighted by molar-refractivity contribution is -0.137. The summed E-state index contributed by atoms with van der Waals surface area (Å²) in [6.45, 7) is 4.76. The molecule has 0 fully saturated rings. The van der Waals surface area contributed by atoms with E-state index in [-0.39, 0.29) is 0 Å². The van der Waals surface area contributed by atoms with Crippen LogP contribution in [0.25, 0.3) is 0 Å². The minimum absolute atomic E-state index is 0.311. The molecule has 0 aromatic rings. The molecule has 21 heavy (non-hydrogen) atoms. The molecule has 0 aromatic carbocycles. The Kier molecular flexibility index (Phi) is 12.3. The highest BCUT2D eigenvalue weighted by molar-refractivity contribution is 5.89. The molecular weight excluding hydrogens is 272 g/mol. The maximum Gasteiger partial charge on any atom is 0.384 e. The summed E-state index contributed by atoms with van der Waals surface area (Å²) < 4.78 is 14.4. The second-order valence-electron chi connectivity index (χ2n) is 3.32. The van der Waals surface area contributed by atoms with E-state index in [1.807, 2.05) is 0 Å². The van der Waals surface area contributed by atoms with Crippen LogP contribution in [0.15, 0.2) is 24.3 Å². The van der Waals surface area contributed by atoms with Crippen LogP contribution in [0.3, 0.4) is 0 Å². The van der Waals surface area contributed by atoms with Crippen LogP contribution in [-0.2, 0) is 23.8 Å². The Balaban J connectivity index is 3.72. The second-order valence-corrected chi connectivity index (χ2v) is 3.32. The maximum absolute atomic E-state index is 10.9. The molecule has 0 amide bonds. The minimum Gasteiger partial charge on any atom is -0.456 e. The van der Waals surface area contributed by atoms with E-state index >= 15 is 0 Å². The van der Waals surface area contributed by atoms with Crippen LogP contribution in [0, 0.1) is 23.7 Å². The number of carbonyl (C=O) groups is 2. The third-order valence-electron chi connectivity index (χ3n) is 1.73. The highest BCUT2D eigenvalue weighted by Crippen LogP contribution is 1.81. The van der Waals surface area contributed by atoms with Crippen molar-refractivity contribution >= 4 is 11.9 Å². The van der Waals surface area contributed by atoms with E-state index < -0.39 is 11.9 Å². The number of hydrogen-bond donors (Lipinski definition) is 0. The molecule has 0 bridgehead atoms. The van der Waals surface area contributed by atoms with Gasteiger partial charge in [0.1, 0.15) is 0 Å². The molecule has 0 aliphatic carbocycles. The molecule has 0 rings (SSSR count). The Morgan fingerprint density at radius 2 is 1.29 bits per heavy atom. The fraction of sp³-hybridized carbons (Fsp3) is 0.375. The molecule has 0 saturated heterocycles. The van der Waals surface area contributed by atoms with Crippen LogP contribution in [0.2, 0.25) is 0 Å². The zero-order chi connectivity index (χ0) is 15.8. The molecule has 0 aromatic heterocycles. The third kappa shape index (κ3) is 13.7. The summed E-state index contributed by atoms with van der Waals surface area (Å²) in [5, 5.41) is 0. The van der Waals surface area contributed by atoms with Gasteiger partial charge < -0.3 is 14.2 Å². The fourth-order valence-electron chi connectivity index (χ4n) is 0.954. The largest absolute Gasteiger partial charge is 0.456 e. The van der Waals surface area contributed by atoms with Crippen LogP contribution in [0.4, 0.5) is 0 Å². The smallest absolute Gasteiger partial charge is 0.384 e. The highest BCUT2D eigenvalue weighted by atomic mass is 16.5. The SMILES string of the molecule is CCOC(=O)C#C/C=C/COC/C=C/C#CC(=O)OCC. The third-order valence-corrected chi connectivity index (χ3v) is 1.73. The molecule has 0 saturated carbocycles. The minimum atomic E-state index is -0.550. The quantitative estimate of drug-likeness (QED) is 0.319. The van der Waals surface area contributed by atoms with Crippen LogP contribution in [-0.4, -0.2) is 38.4 Å². The first-order valence-corrected chi connectivity index (χ1v) is 6.45. The van der Waals surface area contributed by atoms with Crippen LogP contribution < -0.4 is 0 Å². The van der Waals surface area contributed by atoms with Gasteiger partial charge >= 0.3 is 11.9 Å². The first-order valence-electron chi connectivity index (χ1n) is 6.45. The van der Waals surface area contributed by atoms with E-state index in [4.69, 9.17) is 4.74 Å². The molecule has 0 spiro atoms. The van der Waals surface area contributed by atoms with Crippen molar-refractivity contribution in [3.05, 3.63) is 24.3 Å². The number of esters is 2. The topological polar surface area (TPSA) is 61.8 Å². The van der Waals surface area contributed by atoms with Gasteiger partial charge in [-0.15, -0.1) is 0 Å². The second kappa shape index (κ2) is 13.9. The average molecular weight is 290 g/mol. The highest BCUT2D eigenvalue weighted by Gasteiger charge is 1.90. The summed E-state index contributed by atoms with van der Waals surface area (Å²) in [5.41, 5.74) is 0. The van der Waals surface area contributed by atoms with Crippen LogP contribution >= 0.6 is 0 Å². The zero-order valence-corrected chi connectivity index (χ0v) is 12.2. The van der Waals surface area contributed by atoms with Crippen molar-refractivity contribution in [1.82, 2.24) is 0 Å². The molecule has 112 valence electrons. The molecular formula is C16H18O5. The Bertz CT molecular complexity index is 448. The Labute approximate surface area is 124 Å². The van der Waals surface area contributed by atoms with Gasteiger partial charge in [-0.25, -0.2) is 9.59 Å². The number of hydrogen-bond acceptors (Lipinski definition) is 5. The van der Waals surface area contributed by atoms with E-state index in [0.29, 0.717) is 26.4 Å². The molecule has 5 nitrogen and oxygen atoms in total. The number of ether oxygens (including phenoxy) is 3. The number of rotatable bonds is 6. The molecule has 0 heterocycles. The predicted octanol–water partition coefficient (Wildman–Crippen LogP) is 1.25. The lowest BCUT2D eigenvalue weighted by atomic mass is 10.4. The summed E-state index contributed by atoms with van der Waals surface area (Å²) in [6, 6.07) is 0. The van der Waals surface area contributed by atoms with Crippen molar-refractivity contribution in [3.63, 3.8) is 0 Å². The van der Waals surface area contributed by atoms with Gasteiger partial charge in [0, 0.05) is 11.8 Å². The molecule has 0 atom stereocenters. The van der Waals surface area contributed by atoms with E-state index in [9.17, 15) is 9.59 Å². The lowest BCUT2D eigenvalue weighted by Crippen LogP contribution is -1.99. The van der Waals surface area contributed by atoms with Crippen molar-refractivity contribution < 1.29 is 23.8 Å². The van der Waals surface area contributed by atoms with E-state index in [1.165, 1.54) is 12.2 Å². The van der Waals surface area contributed by atoms with Gasteiger partial charge in [0.15, 0.2) is 0 Å². The summed E-state index contributed by atoms with van der Waals surface area (Å²) in [5.74, 6) is 8.55. The van der Waals surface area contributed by atoms with Crippen molar-refractivity contribution in [2.45, 2.75) is 13.8 Å². The molecule has 0 N–H and O–H groups in total. The van der Waals surface area contributed by atoms with Crippen molar-refractivity contribution in [1.29, 1.82) is 0 Å². The lowest BCUT2D eigenvalue weighted by Gasteiger charge is -1.92.